The maximum absolute atomic E-state index is 13.4. The van der Waals surface area contributed by atoms with Crippen molar-refractivity contribution < 1.29 is 13.5 Å². The molecule has 1 saturated heterocycles. The molecular formula is C14H25F2NO. The van der Waals surface area contributed by atoms with E-state index in [1.165, 1.54) is 0 Å². The van der Waals surface area contributed by atoms with Crippen LogP contribution in [0.25, 0.3) is 0 Å². The van der Waals surface area contributed by atoms with Gasteiger partial charge >= 0.3 is 0 Å². The van der Waals surface area contributed by atoms with Gasteiger partial charge in [0.1, 0.15) is 0 Å². The van der Waals surface area contributed by atoms with Gasteiger partial charge in [-0.05, 0) is 44.1 Å². The zero-order valence-electron chi connectivity index (χ0n) is 11.3. The Kier molecular flexibility index (Phi) is 4.96. The molecule has 0 radical (unpaired) electrons. The summed E-state index contributed by atoms with van der Waals surface area (Å²) in [6.45, 7) is 4.64. The Balaban J connectivity index is 1.95. The molecule has 2 unspecified atom stereocenters. The zero-order chi connectivity index (χ0) is 13.0. The first-order valence-corrected chi connectivity index (χ1v) is 7.31. The van der Waals surface area contributed by atoms with E-state index >= 15 is 0 Å². The highest BCUT2D eigenvalue weighted by atomic mass is 19.3. The molecule has 0 aromatic heterocycles. The van der Waals surface area contributed by atoms with Crippen LogP contribution in [0.3, 0.4) is 0 Å². The van der Waals surface area contributed by atoms with Gasteiger partial charge in [-0.25, -0.2) is 8.78 Å². The van der Waals surface area contributed by atoms with Gasteiger partial charge in [0.15, 0.2) is 0 Å². The number of hydrogen-bond donors (Lipinski definition) is 1. The van der Waals surface area contributed by atoms with Gasteiger partial charge in [0.2, 0.25) is 5.92 Å². The molecule has 0 amide bonds. The van der Waals surface area contributed by atoms with E-state index in [2.05, 4.69) is 12.2 Å². The number of ether oxygens (including phenoxy) is 1. The molecule has 2 atom stereocenters. The second-order valence-electron chi connectivity index (χ2n) is 5.79. The standard InChI is InChI=1S/C14H25F2NO/c1-2-7-17-13(11-4-8-18-9-5-11)12-3-6-14(15,16)10-12/h11-13,17H,2-10H2,1H3. The molecule has 2 fully saturated rings. The Morgan fingerprint density at radius 2 is 1.94 bits per heavy atom. The van der Waals surface area contributed by atoms with E-state index in [0.29, 0.717) is 12.3 Å². The van der Waals surface area contributed by atoms with Crippen LogP contribution >= 0.6 is 0 Å². The van der Waals surface area contributed by atoms with Gasteiger partial charge in [-0.3, -0.25) is 0 Å². The largest absolute Gasteiger partial charge is 0.381 e. The molecular weight excluding hydrogens is 236 g/mol. The van der Waals surface area contributed by atoms with Crippen LogP contribution in [-0.2, 0) is 4.74 Å². The van der Waals surface area contributed by atoms with Crippen molar-refractivity contribution in [2.24, 2.45) is 11.8 Å². The van der Waals surface area contributed by atoms with Crippen LogP contribution in [0.4, 0.5) is 8.78 Å². The SMILES string of the molecule is CCCNC(C1CCOCC1)C1CCC(F)(F)C1. The first-order valence-electron chi connectivity index (χ1n) is 7.31. The summed E-state index contributed by atoms with van der Waals surface area (Å²) < 4.78 is 32.2. The summed E-state index contributed by atoms with van der Waals surface area (Å²) in [5, 5.41) is 3.53. The minimum absolute atomic E-state index is 0.0746. The van der Waals surface area contributed by atoms with Crippen LogP contribution in [0.1, 0.15) is 45.4 Å². The molecule has 106 valence electrons. The summed E-state index contributed by atoms with van der Waals surface area (Å²) in [5.41, 5.74) is 0. The second kappa shape index (κ2) is 6.29. The van der Waals surface area contributed by atoms with Gasteiger partial charge < -0.3 is 10.1 Å². The molecule has 18 heavy (non-hydrogen) atoms. The third-order valence-electron chi connectivity index (χ3n) is 4.35. The van der Waals surface area contributed by atoms with Crippen molar-refractivity contribution in [3.63, 3.8) is 0 Å². The van der Waals surface area contributed by atoms with Crippen LogP contribution in [0.15, 0.2) is 0 Å². The average Bonchev–Trinajstić information content (AvgIpc) is 2.72. The third kappa shape index (κ3) is 3.64. The van der Waals surface area contributed by atoms with Gasteiger partial charge in [-0.15, -0.1) is 0 Å². The molecule has 4 heteroatoms. The summed E-state index contributed by atoms with van der Waals surface area (Å²) in [5.74, 6) is -1.76. The lowest BCUT2D eigenvalue weighted by Gasteiger charge is -2.35. The second-order valence-corrected chi connectivity index (χ2v) is 5.79. The van der Waals surface area contributed by atoms with Crippen molar-refractivity contribution in [2.45, 2.75) is 57.4 Å². The lowest BCUT2D eigenvalue weighted by atomic mass is 9.82. The molecule has 0 aromatic carbocycles. The van der Waals surface area contributed by atoms with E-state index in [9.17, 15) is 8.78 Å². The highest BCUT2D eigenvalue weighted by Gasteiger charge is 2.44. The van der Waals surface area contributed by atoms with E-state index in [0.717, 1.165) is 39.0 Å². The fourth-order valence-corrected chi connectivity index (χ4v) is 3.39. The molecule has 1 saturated carbocycles. The predicted molar refractivity (Wildman–Crippen MR) is 67.9 cm³/mol. The van der Waals surface area contributed by atoms with E-state index < -0.39 is 5.92 Å². The molecule has 0 bridgehead atoms. The Bertz CT molecular complexity index is 254. The number of halogens is 2. The molecule has 2 nitrogen and oxygen atoms in total. The molecule has 0 aromatic rings. The van der Waals surface area contributed by atoms with Crippen molar-refractivity contribution in [1.82, 2.24) is 5.32 Å². The number of rotatable bonds is 5. The van der Waals surface area contributed by atoms with Crippen molar-refractivity contribution in [2.75, 3.05) is 19.8 Å². The molecule has 2 aliphatic rings. The molecule has 1 heterocycles. The summed E-state index contributed by atoms with van der Waals surface area (Å²) in [6, 6.07) is 0.266. The number of hydrogen-bond acceptors (Lipinski definition) is 2. The Labute approximate surface area is 108 Å². The Morgan fingerprint density at radius 3 is 2.50 bits per heavy atom. The molecule has 1 aliphatic heterocycles. The average molecular weight is 261 g/mol. The van der Waals surface area contributed by atoms with Gasteiger partial charge in [0.05, 0.1) is 0 Å². The van der Waals surface area contributed by atoms with Crippen LogP contribution in [-0.4, -0.2) is 31.7 Å². The van der Waals surface area contributed by atoms with Crippen molar-refractivity contribution in [3.8, 4) is 0 Å². The van der Waals surface area contributed by atoms with Gasteiger partial charge in [0.25, 0.3) is 0 Å². The van der Waals surface area contributed by atoms with Gasteiger partial charge in [0, 0.05) is 32.1 Å². The maximum Gasteiger partial charge on any atom is 0.248 e. The minimum atomic E-state index is -2.43. The van der Waals surface area contributed by atoms with Gasteiger partial charge in [-0.1, -0.05) is 6.92 Å². The maximum atomic E-state index is 13.4. The van der Waals surface area contributed by atoms with E-state index in [4.69, 9.17) is 4.74 Å². The quantitative estimate of drug-likeness (QED) is 0.820. The molecule has 2 rings (SSSR count). The van der Waals surface area contributed by atoms with Crippen LogP contribution < -0.4 is 5.32 Å². The van der Waals surface area contributed by atoms with Crippen LogP contribution in [0, 0.1) is 11.8 Å². The molecule has 1 aliphatic carbocycles. The van der Waals surface area contributed by atoms with Gasteiger partial charge in [-0.2, -0.15) is 0 Å². The van der Waals surface area contributed by atoms with Crippen molar-refractivity contribution >= 4 is 0 Å². The fraction of sp³-hybridized carbons (Fsp3) is 1.00. The lowest BCUT2D eigenvalue weighted by Crippen LogP contribution is -2.44. The van der Waals surface area contributed by atoms with E-state index in [-0.39, 0.29) is 24.8 Å². The molecule has 0 spiro atoms. The highest BCUT2D eigenvalue weighted by Crippen LogP contribution is 2.42. The first-order chi connectivity index (χ1) is 8.62. The summed E-state index contributed by atoms with van der Waals surface area (Å²) >= 11 is 0. The Hall–Kier alpha value is -0.220. The van der Waals surface area contributed by atoms with Crippen LogP contribution in [0.2, 0.25) is 0 Å². The first kappa shape index (κ1) is 14.2. The van der Waals surface area contributed by atoms with Crippen molar-refractivity contribution in [1.29, 1.82) is 0 Å². The number of alkyl halides is 2. The minimum Gasteiger partial charge on any atom is -0.381 e. The monoisotopic (exact) mass is 261 g/mol. The van der Waals surface area contributed by atoms with E-state index in [1.807, 2.05) is 0 Å². The fourth-order valence-electron chi connectivity index (χ4n) is 3.39. The highest BCUT2D eigenvalue weighted by molar-refractivity contribution is 4.92. The predicted octanol–water partition coefficient (Wildman–Crippen LogP) is 3.22. The normalized spacial score (nSPS) is 30.5. The Morgan fingerprint density at radius 1 is 1.22 bits per heavy atom. The third-order valence-corrected chi connectivity index (χ3v) is 4.35. The summed E-state index contributed by atoms with van der Waals surface area (Å²) in [6.07, 6.45) is 3.92. The number of nitrogens with one attached hydrogen (secondary N) is 1. The molecule has 1 N–H and O–H groups in total. The smallest absolute Gasteiger partial charge is 0.248 e. The topological polar surface area (TPSA) is 21.3 Å². The van der Waals surface area contributed by atoms with E-state index in [1.54, 1.807) is 0 Å². The van der Waals surface area contributed by atoms with Crippen molar-refractivity contribution in [3.05, 3.63) is 0 Å². The summed E-state index contributed by atoms with van der Waals surface area (Å²) in [4.78, 5) is 0. The lowest BCUT2D eigenvalue weighted by molar-refractivity contribution is -0.00172. The zero-order valence-corrected chi connectivity index (χ0v) is 11.3. The van der Waals surface area contributed by atoms with Crippen LogP contribution in [0.5, 0.6) is 0 Å². The summed E-state index contributed by atoms with van der Waals surface area (Å²) in [7, 11) is 0.